The number of hydrogen-bond donors (Lipinski definition) is 0. The van der Waals surface area contributed by atoms with Crippen molar-refractivity contribution in [1.29, 1.82) is 0 Å². The van der Waals surface area contributed by atoms with Gasteiger partial charge < -0.3 is 4.90 Å². The van der Waals surface area contributed by atoms with Crippen LogP contribution < -0.4 is 4.90 Å². The minimum atomic E-state index is 0.505. The van der Waals surface area contributed by atoms with Crippen molar-refractivity contribution in [3.8, 4) is 0 Å². The van der Waals surface area contributed by atoms with Gasteiger partial charge in [-0.15, -0.1) is 0 Å². The highest BCUT2D eigenvalue weighted by Gasteiger charge is 2.16. The molecule has 1 aliphatic rings. The number of benzene rings is 2. The van der Waals surface area contributed by atoms with Crippen LogP contribution in [0, 0.1) is 0 Å². The van der Waals surface area contributed by atoms with Crippen LogP contribution in [-0.2, 0) is 6.54 Å². The molecule has 0 atom stereocenters. The molecule has 0 radical (unpaired) electrons. The van der Waals surface area contributed by atoms with E-state index in [9.17, 15) is 0 Å². The standard InChI is InChI=1S/C14H8Cl4N2/c15-10-2-1-9(4-12(10)17)20-6-8-3-11(16)13(18)5-14(8)19-7-20/h1-5,7H,6H2. The largest absolute Gasteiger partial charge is 0.328 e. The lowest BCUT2D eigenvalue weighted by Gasteiger charge is -2.25. The number of anilines is 1. The fourth-order valence-corrected chi connectivity index (χ4v) is 2.64. The van der Waals surface area contributed by atoms with Crippen LogP contribution in [0.4, 0.5) is 11.4 Å². The van der Waals surface area contributed by atoms with E-state index < -0.39 is 0 Å². The van der Waals surface area contributed by atoms with E-state index in [0.717, 1.165) is 16.9 Å². The Labute approximate surface area is 136 Å². The van der Waals surface area contributed by atoms with Crippen LogP contribution in [0.3, 0.4) is 0 Å². The molecule has 0 fully saturated rings. The number of fused-ring (bicyclic) bond motifs is 1. The van der Waals surface area contributed by atoms with Gasteiger partial charge in [-0.25, -0.2) is 4.99 Å². The highest BCUT2D eigenvalue weighted by atomic mass is 35.5. The van der Waals surface area contributed by atoms with Crippen molar-refractivity contribution in [1.82, 2.24) is 0 Å². The molecule has 102 valence electrons. The zero-order valence-corrected chi connectivity index (χ0v) is 13.1. The molecule has 1 heterocycles. The van der Waals surface area contributed by atoms with Crippen LogP contribution in [0.15, 0.2) is 35.3 Å². The van der Waals surface area contributed by atoms with Gasteiger partial charge in [0, 0.05) is 5.69 Å². The molecule has 20 heavy (non-hydrogen) atoms. The minimum absolute atomic E-state index is 0.505. The van der Waals surface area contributed by atoms with Crippen molar-refractivity contribution in [2.45, 2.75) is 6.54 Å². The number of hydrogen-bond acceptors (Lipinski definition) is 2. The van der Waals surface area contributed by atoms with Crippen LogP contribution >= 0.6 is 46.4 Å². The van der Waals surface area contributed by atoms with Gasteiger partial charge in [-0.1, -0.05) is 46.4 Å². The first-order chi connectivity index (χ1) is 9.54. The zero-order valence-electron chi connectivity index (χ0n) is 10.1. The Balaban J connectivity index is 1.96. The van der Waals surface area contributed by atoms with Crippen LogP contribution in [0.1, 0.15) is 5.56 Å². The molecule has 0 bridgehead atoms. The molecule has 0 aromatic heterocycles. The first kappa shape index (κ1) is 14.0. The van der Waals surface area contributed by atoms with E-state index in [1.165, 1.54) is 0 Å². The lowest BCUT2D eigenvalue weighted by atomic mass is 10.1. The molecule has 0 spiro atoms. The van der Waals surface area contributed by atoms with Gasteiger partial charge in [0.2, 0.25) is 0 Å². The number of aliphatic imine (C=N–C) groups is 1. The molecule has 0 saturated carbocycles. The summed E-state index contributed by atoms with van der Waals surface area (Å²) >= 11 is 24.0. The maximum atomic E-state index is 6.04. The number of nitrogens with zero attached hydrogens (tertiary/aromatic N) is 2. The molecule has 0 N–H and O–H groups in total. The maximum absolute atomic E-state index is 6.04. The Kier molecular flexibility index (Phi) is 3.83. The Bertz CT molecular complexity index is 713. The van der Waals surface area contributed by atoms with Gasteiger partial charge in [0.25, 0.3) is 0 Å². The summed E-state index contributed by atoms with van der Waals surface area (Å²) in [4.78, 5) is 6.35. The predicted octanol–water partition coefficient (Wildman–Crippen LogP) is 5.98. The van der Waals surface area contributed by atoms with Gasteiger partial charge >= 0.3 is 0 Å². The van der Waals surface area contributed by atoms with E-state index in [-0.39, 0.29) is 0 Å². The molecule has 0 unspecified atom stereocenters. The third kappa shape index (κ3) is 2.61. The van der Waals surface area contributed by atoms with E-state index in [4.69, 9.17) is 46.4 Å². The second-order valence-electron chi connectivity index (χ2n) is 4.37. The van der Waals surface area contributed by atoms with Crippen LogP contribution in [-0.4, -0.2) is 6.34 Å². The monoisotopic (exact) mass is 344 g/mol. The van der Waals surface area contributed by atoms with Gasteiger partial charge in [-0.2, -0.15) is 0 Å². The molecule has 0 aliphatic carbocycles. The highest BCUT2D eigenvalue weighted by Crippen LogP contribution is 2.35. The molecule has 6 heteroatoms. The smallest absolute Gasteiger partial charge is 0.0960 e. The Morgan fingerprint density at radius 1 is 0.850 bits per heavy atom. The lowest BCUT2D eigenvalue weighted by Crippen LogP contribution is -2.23. The quantitative estimate of drug-likeness (QED) is 0.620. The Morgan fingerprint density at radius 3 is 2.30 bits per heavy atom. The van der Waals surface area contributed by atoms with Crippen molar-refractivity contribution < 1.29 is 0 Å². The van der Waals surface area contributed by atoms with E-state index >= 15 is 0 Å². The summed E-state index contributed by atoms with van der Waals surface area (Å²) in [6.45, 7) is 0.647. The van der Waals surface area contributed by atoms with Gasteiger partial charge in [0.15, 0.2) is 0 Å². The SMILES string of the molecule is Clc1ccc(N2C=Nc3cc(Cl)c(Cl)cc3C2)cc1Cl. The topological polar surface area (TPSA) is 15.6 Å². The maximum Gasteiger partial charge on any atom is 0.0960 e. The molecule has 2 aromatic carbocycles. The number of halogens is 4. The molecule has 2 aromatic rings. The average molecular weight is 346 g/mol. The fraction of sp³-hybridized carbons (Fsp3) is 0.0714. The molecule has 0 amide bonds. The molecular weight excluding hydrogens is 338 g/mol. The van der Waals surface area contributed by atoms with Crippen LogP contribution in [0.5, 0.6) is 0 Å². The normalized spacial score (nSPS) is 13.5. The third-order valence-corrected chi connectivity index (χ3v) is 4.49. The van der Waals surface area contributed by atoms with Crippen LogP contribution in [0.2, 0.25) is 20.1 Å². The summed E-state index contributed by atoms with van der Waals surface area (Å²) in [6.07, 6.45) is 1.74. The first-order valence-electron chi connectivity index (χ1n) is 5.78. The van der Waals surface area contributed by atoms with Gasteiger partial charge in [-0.05, 0) is 35.9 Å². The molecule has 2 nitrogen and oxygen atoms in total. The van der Waals surface area contributed by atoms with E-state index in [1.54, 1.807) is 24.5 Å². The molecule has 3 rings (SSSR count). The second-order valence-corrected chi connectivity index (χ2v) is 5.99. The fourth-order valence-electron chi connectivity index (χ4n) is 2.00. The summed E-state index contributed by atoms with van der Waals surface area (Å²) in [5.41, 5.74) is 2.75. The zero-order chi connectivity index (χ0) is 14.3. The Morgan fingerprint density at radius 2 is 1.55 bits per heavy atom. The van der Waals surface area contributed by atoms with E-state index in [1.807, 2.05) is 17.0 Å². The molecular formula is C14H8Cl4N2. The molecule has 1 aliphatic heterocycles. The molecule has 0 saturated heterocycles. The lowest BCUT2D eigenvalue weighted by molar-refractivity contribution is 0.997. The predicted molar refractivity (Wildman–Crippen MR) is 87.3 cm³/mol. The van der Waals surface area contributed by atoms with Crippen molar-refractivity contribution in [2.75, 3.05) is 4.90 Å². The number of rotatable bonds is 1. The third-order valence-electron chi connectivity index (χ3n) is 3.03. The first-order valence-corrected chi connectivity index (χ1v) is 7.29. The highest BCUT2D eigenvalue weighted by molar-refractivity contribution is 6.42. The average Bonchev–Trinajstić information content (AvgIpc) is 2.43. The van der Waals surface area contributed by atoms with Crippen molar-refractivity contribution >= 4 is 64.1 Å². The second kappa shape index (κ2) is 5.45. The van der Waals surface area contributed by atoms with Crippen molar-refractivity contribution in [3.05, 3.63) is 56.0 Å². The van der Waals surface area contributed by atoms with Gasteiger partial charge in [0.05, 0.1) is 38.7 Å². The summed E-state index contributed by atoms with van der Waals surface area (Å²) in [5, 5.41) is 2.07. The van der Waals surface area contributed by atoms with Crippen molar-refractivity contribution in [3.63, 3.8) is 0 Å². The van der Waals surface area contributed by atoms with Gasteiger partial charge in [-0.3, -0.25) is 0 Å². The van der Waals surface area contributed by atoms with E-state index in [0.29, 0.717) is 26.6 Å². The van der Waals surface area contributed by atoms with E-state index in [2.05, 4.69) is 4.99 Å². The summed E-state index contributed by atoms with van der Waals surface area (Å²) in [7, 11) is 0. The van der Waals surface area contributed by atoms with Gasteiger partial charge in [0.1, 0.15) is 0 Å². The summed E-state index contributed by atoms with van der Waals surface area (Å²) < 4.78 is 0. The summed E-state index contributed by atoms with van der Waals surface area (Å²) in [6, 6.07) is 9.06. The summed E-state index contributed by atoms with van der Waals surface area (Å²) in [5.74, 6) is 0. The van der Waals surface area contributed by atoms with Crippen LogP contribution in [0.25, 0.3) is 0 Å². The Hall–Kier alpha value is -0.930. The van der Waals surface area contributed by atoms with Crippen molar-refractivity contribution in [2.24, 2.45) is 4.99 Å². The minimum Gasteiger partial charge on any atom is -0.328 e.